The Morgan fingerprint density at radius 1 is 0.538 bits per heavy atom. The van der Waals surface area contributed by atoms with Crippen LogP contribution in [-0.4, -0.2) is 17.8 Å². The minimum absolute atomic E-state index is 0.199. The molecule has 1 aliphatic rings. The first-order valence-corrected chi connectivity index (χ1v) is 18.4. The van der Waals surface area contributed by atoms with Crippen molar-refractivity contribution >= 4 is 81.2 Å². The Balaban J connectivity index is 1.02. The number of fused-ring (bicyclic) bond motifs is 9. The van der Waals surface area contributed by atoms with Crippen LogP contribution in [0.15, 0.2) is 165 Å². The van der Waals surface area contributed by atoms with Gasteiger partial charge in [-0.2, -0.15) is 0 Å². The lowest BCUT2D eigenvalue weighted by Crippen LogP contribution is -2.46. The highest BCUT2D eigenvalue weighted by Crippen LogP contribution is 2.41. The van der Waals surface area contributed by atoms with Gasteiger partial charge < -0.3 is 13.7 Å². The summed E-state index contributed by atoms with van der Waals surface area (Å²) in [6.45, 7) is 0. The smallest absolute Gasteiger partial charge is 0.142 e. The molecule has 0 saturated carbocycles. The van der Waals surface area contributed by atoms with Crippen molar-refractivity contribution in [3.63, 3.8) is 0 Å². The number of nitrogens with one attached hydrogen (secondary N) is 1. The highest BCUT2D eigenvalue weighted by atomic mass is 32.1. The highest BCUT2D eigenvalue weighted by molar-refractivity contribution is 7.25. The third-order valence-corrected chi connectivity index (χ3v) is 11.7. The summed E-state index contributed by atoms with van der Waals surface area (Å²) in [5.41, 5.74) is 8.96. The Morgan fingerprint density at radius 3 is 2.02 bits per heavy atom. The van der Waals surface area contributed by atoms with Crippen LogP contribution < -0.4 is 5.32 Å². The van der Waals surface area contributed by atoms with Crippen LogP contribution in [0.1, 0.15) is 29.0 Å². The summed E-state index contributed by atoms with van der Waals surface area (Å²) in [7, 11) is 2.13. The topological polar surface area (TPSA) is 53.9 Å². The van der Waals surface area contributed by atoms with Crippen molar-refractivity contribution in [2.24, 2.45) is 4.99 Å². The Bertz CT molecular complexity index is 3040. The van der Waals surface area contributed by atoms with E-state index in [0.29, 0.717) is 0 Å². The first-order valence-electron chi connectivity index (χ1n) is 17.6. The van der Waals surface area contributed by atoms with E-state index in [2.05, 4.69) is 151 Å². The van der Waals surface area contributed by atoms with E-state index in [0.717, 1.165) is 77.5 Å². The average Bonchev–Trinajstić information content (AvgIpc) is 3.88. The maximum atomic E-state index is 6.83. The number of hydrogen-bond acceptors (Lipinski definition) is 6. The maximum Gasteiger partial charge on any atom is 0.142 e. The number of benzene rings is 7. The molecule has 7 aromatic carbocycles. The predicted molar refractivity (Wildman–Crippen MR) is 215 cm³/mol. The molecule has 1 N–H and O–H groups in total. The van der Waals surface area contributed by atoms with Crippen molar-refractivity contribution in [1.29, 1.82) is 0 Å². The van der Waals surface area contributed by atoms with Gasteiger partial charge in [0.15, 0.2) is 0 Å². The van der Waals surface area contributed by atoms with Crippen molar-refractivity contribution < 1.29 is 8.83 Å². The number of thiophene rings is 1. The van der Waals surface area contributed by atoms with E-state index in [-0.39, 0.29) is 12.3 Å². The van der Waals surface area contributed by atoms with Gasteiger partial charge in [0.2, 0.25) is 0 Å². The molecule has 0 amide bonds. The van der Waals surface area contributed by atoms with E-state index in [1.54, 1.807) is 0 Å². The second kappa shape index (κ2) is 11.4. The SMILES string of the molecule is CN1C(c2ccc3c(c2)sc2ccccc23)=NC(c2ccccc2)NC1c1cccc2c1oc1cc(-c3ccc4c(c3)oc3ccccc34)ccc12. The molecule has 3 aromatic heterocycles. The molecule has 5 nitrogen and oxygen atoms in total. The summed E-state index contributed by atoms with van der Waals surface area (Å²) >= 11 is 1.83. The lowest BCUT2D eigenvalue weighted by atomic mass is 10.0. The molecule has 4 heterocycles. The van der Waals surface area contributed by atoms with Gasteiger partial charge in [0, 0.05) is 59.9 Å². The standard InChI is InChI=1S/C46H31N3O2S/c1-49-45(30-20-23-35-34-13-6-8-17-41(34)52-42(35)26-30)47-44(27-10-3-2-4-11-27)48-46(49)37-15-9-14-36-33-22-19-29(25-40(33)51-43(36)37)28-18-21-32-31-12-5-7-16-38(31)50-39(32)24-28/h2-26,44,46,48H,1H3. The Kier molecular flexibility index (Phi) is 6.47. The van der Waals surface area contributed by atoms with E-state index >= 15 is 0 Å². The third kappa shape index (κ3) is 4.55. The predicted octanol–water partition coefficient (Wildman–Crippen LogP) is 12.2. The van der Waals surface area contributed by atoms with Crippen LogP contribution in [0, 0.1) is 0 Å². The van der Waals surface area contributed by atoms with Crippen molar-refractivity contribution in [1.82, 2.24) is 10.2 Å². The zero-order chi connectivity index (χ0) is 34.3. The van der Waals surface area contributed by atoms with E-state index in [9.17, 15) is 0 Å². The second-order valence-electron chi connectivity index (χ2n) is 13.6. The Hall–Kier alpha value is -6.21. The lowest BCUT2D eigenvalue weighted by Gasteiger charge is -2.39. The van der Waals surface area contributed by atoms with Crippen LogP contribution in [0.3, 0.4) is 0 Å². The fourth-order valence-electron chi connectivity index (χ4n) is 8.00. The van der Waals surface area contributed by atoms with Gasteiger partial charge >= 0.3 is 0 Å². The average molecular weight is 690 g/mol. The molecule has 0 bridgehead atoms. The van der Waals surface area contributed by atoms with Gasteiger partial charge in [-0.25, -0.2) is 4.99 Å². The molecule has 2 unspecified atom stereocenters. The summed E-state index contributed by atoms with van der Waals surface area (Å²) in [4.78, 5) is 7.59. The van der Waals surface area contributed by atoms with E-state index < -0.39 is 0 Å². The normalized spacial score (nSPS) is 16.6. The van der Waals surface area contributed by atoms with Crippen LogP contribution in [0.5, 0.6) is 0 Å². The fraction of sp³-hybridized carbons (Fsp3) is 0.0652. The van der Waals surface area contributed by atoms with E-state index in [1.165, 1.54) is 20.2 Å². The number of hydrogen-bond donors (Lipinski definition) is 1. The second-order valence-corrected chi connectivity index (χ2v) is 14.7. The molecular weight excluding hydrogens is 659 g/mol. The molecule has 52 heavy (non-hydrogen) atoms. The van der Waals surface area contributed by atoms with Crippen molar-refractivity contribution in [2.75, 3.05) is 7.05 Å². The molecule has 0 radical (unpaired) electrons. The molecule has 11 rings (SSSR count). The van der Waals surface area contributed by atoms with Crippen LogP contribution in [0.25, 0.3) is 75.2 Å². The minimum Gasteiger partial charge on any atom is -0.456 e. The van der Waals surface area contributed by atoms with E-state index in [1.807, 2.05) is 29.5 Å². The molecule has 0 aliphatic carbocycles. The van der Waals surface area contributed by atoms with Gasteiger partial charge in [0.05, 0.1) is 0 Å². The van der Waals surface area contributed by atoms with Crippen molar-refractivity contribution in [2.45, 2.75) is 12.3 Å². The Morgan fingerprint density at radius 2 is 1.17 bits per heavy atom. The zero-order valence-corrected chi connectivity index (χ0v) is 29.0. The number of nitrogens with zero attached hydrogens (tertiary/aromatic N) is 2. The van der Waals surface area contributed by atoms with Crippen LogP contribution in [0.4, 0.5) is 0 Å². The van der Waals surface area contributed by atoms with Gasteiger partial charge in [-0.1, -0.05) is 109 Å². The number of amidine groups is 1. The van der Waals surface area contributed by atoms with Gasteiger partial charge in [0.1, 0.15) is 40.5 Å². The monoisotopic (exact) mass is 689 g/mol. The van der Waals surface area contributed by atoms with Crippen molar-refractivity contribution in [3.8, 4) is 11.1 Å². The zero-order valence-electron chi connectivity index (χ0n) is 28.2. The fourth-order valence-corrected chi connectivity index (χ4v) is 9.15. The molecule has 1 aliphatic heterocycles. The summed E-state index contributed by atoms with van der Waals surface area (Å²) in [5, 5.41) is 10.9. The van der Waals surface area contributed by atoms with Crippen LogP contribution >= 0.6 is 11.3 Å². The number of furan rings is 2. The summed E-state index contributed by atoms with van der Waals surface area (Å²) in [6, 6.07) is 53.5. The lowest BCUT2D eigenvalue weighted by molar-refractivity contribution is 0.257. The van der Waals surface area contributed by atoms with Crippen LogP contribution in [-0.2, 0) is 0 Å². The quantitative estimate of drug-likeness (QED) is 0.200. The van der Waals surface area contributed by atoms with Crippen molar-refractivity contribution in [3.05, 3.63) is 168 Å². The molecule has 248 valence electrons. The molecule has 10 aromatic rings. The minimum atomic E-state index is -0.241. The summed E-state index contributed by atoms with van der Waals surface area (Å²) in [5.74, 6) is 0.938. The summed E-state index contributed by atoms with van der Waals surface area (Å²) < 4.78 is 15.6. The largest absolute Gasteiger partial charge is 0.456 e. The third-order valence-electron chi connectivity index (χ3n) is 10.6. The first kappa shape index (κ1) is 29.5. The van der Waals surface area contributed by atoms with Gasteiger partial charge in [-0.15, -0.1) is 11.3 Å². The molecule has 2 atom stereocenters. The molecule has 0 fully saturated rings. The van der Waals surface area contributed by atoms with Gasteiger partial charge in [0.25, 0.3) is 0 Å². The molecule has 0 spiro atoms. The van der Waals surface area contributed by atoms with Crippen LogP contribution in [0.2, 0.25) is 0 Å². The number of rotatable bonds is 4. The maximum absolute atomic E-state index is 6.83. The first-order chi connectivity index (χ1) is 25.7. The Labute approximate surface area is 303 Å². The number of aliphatic imine (C=N–C) groups is 1. The molecule has 6 heteroatoms. The van der Waals surface area contributed by atoms with E-state index in [4.69, 9.17) is 13.8 Å². The highest BCUT2D eigenvalue weighted by Gasteiger charge is 2.32. The van der Waals surface area contributed by atoms with Gasteiger partial charge in [-0.05, 0) is 59.2 Å². The molecule has 0 saturated heterocycles. The molecular formula is C46H31N3O2S. The summed E-state index contributed by atoms with van der Waals surface area (Å²) in [6.07, 6.45) is -0.440. The van der Waals surface area contributed by atoms with Gasteiger partial charge in [-0.3, -0.25) is 5.32 Å². The number of para-hydroxylation sites is 2.